The molecule has 1 aromatic rings. The molecule has 1 amide bonds. The second-order valence-electron chi connectivity index (χ2n) is 2.70. The van der Waals surface area contributed by atoms with E-state index in [2.05, 4.69) is 22.9 Å². The SMILES string of the molecule is CC(=O)c1sc(NC(=O)CS)nc1C. The van der Waals surface area contributed by atoms with E-state index in [0.717, 1.165) is 0 Å². The number of nitrogens with one attached hydrogen (secondary N) is 1. The van der Waals surface area contributed by atoms with Crippen molar-refractivity contribution in [2.75, 3.05) is 11.1 Å². The second kappa shape index (κ2) is 4.56. The van der Waals surface area contributed by atoms with Gasteiger partial charge in [0, 0.05) is 6.92 Å². The Morgan fingerprint density at radius 3 is 2.64 bits per heavy atom. The van der Waals surface area contributed by atoms with E-state index in [-0.39, 0.29) is 17.4 Å². The molecule has 0 radical (unpaired) electrons. The molecule has 1 N–H and O–H groups in total. The van der Waals surface area contributed by atoms with Gasteiger partial charge in [-0.15, -0.1) is 0 Å². The predicted octanol–water partition coefficient (Wildman–Crippen LogP) is 1.52. The van der Waals surface area contributed by atoms with Gasteiger partial charge in [0.25, 0.3) is 0 Å². The summed E-state index contributed by atoms with van der Waals surface area (Å²) in [5.74, 6) is -0.155. The molecule has 0 aromatic carbocycles. The summed E-state index contributed by atoms with van der Waals surface area (Å²) in [5, 5.41) is 3.00. The van der Waals surface area contributed by atoms with Crippen LogP contribution < -0.4 is 5.32 Å². The molecule has 6 heteroatoms. The topological polar surface area (TPSA) is 59.1 Å². The Morgan fingerprint density at radius 1 is 1.57 bits per heavy atom. The van der Waals surface area contributed by atoms with E-state index in [1.54, 1.807) is 6.92 Å². The van der Waals surface area contributed by atoms with Crippen molar-refractivity contribution in [1.82, 2.24) is 4.98 Å². The number of carbonyl (C=O) groups is 2. The minimum absolute atomic E-state index is 0.0358. The van der Waals surface area contributed by atoms with Crippen LogP contribution in [0.25, 0.3) is 0 Å². The predicted molar refractivity (Wildman–Crippen MR) is 59.3 cm³/mol. The van der Waals surface area contributed by atoms with Crippen LogP contribution in [0.2, 0.25) is 0 Å². The van der Waals surface area contributed by atoms with Crippen LogP contribution in [0.1, 0.15) is 22.3 Å². The van der Waals surface area contributed by atoms with Crippen molar-refractivity contribution in [3.63, 3.8) is 0 Å². The van der Waals surface area contributed by atoms with Gasteiger partial charge in [-0.1, -0.05) is 11.3 Å². The number of hydrogen-bond acceptors (Lipinski definition) is 5. The van der Waals surface area contributed by atoms with Gasteiger partial charge in [-0.3, -0.25) is 9.59 Å². The van der Waals surface area contributed by atoms with Crippen molar-refractivity contribution in [3.05, 3.63) is 10.6 Å². The van der Waals surface area contributed by atoms with Gasteiger partial charge in [0.05, 0.1) is 16.3 Å². The first-order valence-corrected chi connectivity index (χ1v) is 5.38. The van der Waals surface area contributed by atoms with Crippen molar-refractivity contribution < 1.29 is 9.59 Å². The van der Waals surface area contributed by atoms with Crippen LogP contribution in [-0.2, 0) is 4.79 Å². The zero-order valence-electron chi connectivity index (χ0n) is 7.83. The molecule has 1 heterocycles. The first-order chi connectivity index (χ1) is 6.54. The molecule has 1 rings (SSSR count). The smallest absolute Gasteiger partial charge is 0.235 e. The molecule has 0 fully saturated rings. The van der Waals surface area contributed by atoms with E-state index in [9.17, 15) is 9.59 Å². The maximum absolute atomic E-state index is 11.1. The summed E-state index contributed by atoms with van der Waals surface area (Å²) >= 11 is 5.00. The van der Waals surface area contributed by atoms with Gasteiger partial charge in [0.2, 0.25) is 5.91 Å². The zero-order valence-corrected chi connectivity index (χ0v) is 9.54. The summed E-state index contributed by atoms with van der Waals surface area (Å²) < 4.78 is 0. The standard InChI is InChI=1S/C8H10N2O2S2/c1-4-7(5(2)11)14-8(9-4)10-6(12)3-13/h13H,3H2,1-2H3,(H,9,10,12). The molecule has 0 saturated heterocycles. The van der Waals surface area contributed by atoms with E-state index in [1.165, 1.54) is 18.3 Å². The molecule has 0 saturated carbocycles. The highest BCUT2D eigenvalue weighted by Crippen LogP contribution is 2.22. The summed E-state index contributed by atoms with van der Waals surface area (Å²) in [6.45, 7) is 3.22. The normalized spacial score (nSPS) is 9.93. The average molecular weight is 230 g/mol. The highest BCUT2D eigenvalue weighted by Gasteiger charge is 2.12. The number of aryl methyl sites for hydroxylation is 1. The molecule has 0 atom stereocenters. The molecule has 0 aliphatic carbocycles. The third-order valence-corrected chi connectivity index (χ3v) is 2.97. The Morgan fingerprint density at radius 2 is 2.21 bits per heavy atom. The first kappa shape index (κ1) is 11.2. The third kappa shape index (κ3) is 2.55. The van der Waals surface area contributed by atoms with Crippen LogP contribution >= 0.6 is 24.0 Å². The lowest BCUT2D eigenvalue weighted by atomic mass is 10.3. The maximum Gasteiger partial charge on any atom is 0.235 e. The second-order valence-corrected chi connectivity index (χ2v) is 4.01. The van der Waals surface area contributed by atoms with Crippen molar-refractivity contribution in [3.8, 4) is 0 Å². The number of carbonyl (C=O) groups excluding carboxylic acids is 2. The fourth-order valence-corrected chi connectivity index (χ4v) is 1.89. The van der Waals surface area contributed by atoms with Crippen LogP contribution in [0.4, 0.5) is 5.13 Å². The van der Waals surface area contributed by atoms with Gasteiger partial charge in [-0.2, -0.15) is 12.6 Å². The Labute approximate surface area is 91.1 Å². The van der Waals surface area contributed by atoms with Crippen LogP contribution in [0, 0.1) is 6.92 Å². The van der Waals surface area contributed by atoms with Crippen LogP contribution in [0.5, 0.6) is 0 Å². The number of aromatic nitrogens is 1. The molecule has 76 valence electrons. The monoisotopic (exact) mass is 230 g/mol. The molecule has 0 bridgehead atoms. The quantitative estimate of drug-likeness (QED) is 0.611. The van der Waals surface area contributed by atoms with Gasteiger partial charge in [0.1, 0.15) is 0 Å². The minimum atomic E-state index is -0.225. The highest BCUT2D eigenvalue weighted by atomic mass is 32.1. The van der Waals surface area contributed by atoms with E-state index >= 15 is 0 Å². The van der Waals surface area contributed by atoms with Crippen molar-refractivity contribution in [2.45, 2.75) is 13.8 Å². The summed E-state index contributed by atoms with van der Waals surface area (Å²) in [6, 6.07) is 0. The molecule has 0 spiro atoms. The van der Waals surface area contributed by atoms with Gasteiger partial charge in [-0.05, 0) is 6.92 Å². The fraction of sp³-hybridized carbons (Fsp3) is 0.375. The Balaban J connectivity index is 2.86. The van der Waals surface area contributed by atoms with Crippen LogP contribution in [-0.4, -0.2) is 22.4 Å². The molecule has 0 aliphatic rings. The summed E-state index contributed by atoms with van der Waals surface area (Å²) in [7, 11) is 0. The Bertz CT molecular complexity index is 373. The number of Topliss-reactive ketones (excluding diaryl/α,β-unsaturated/α-hetero) is 1. The molecule has 0 unspecified atom stereocenters. The molecular formula is C8H10N2O2S2. The molecule has 0 aliphatic heterocycles. The number of thiazole rings is 1. The fourth-order valence-electron chi connectivity index (χ4n) is 0.935. The molecule has 1 aromatic heterocycles. The first-order valence-electron chi connectivity index (χ1n) is 3.93. The number of nitrogens with zero attached hydrogens (tertiary/aromatic N) is 1. The number of thiol groups is 1. The summed E-state index contributed by atoms with van der Waals surface area (Å²) in [4.78, 5) is 26.7. The van der Waals surface area contributed by atoms with Gasteiger partial charge < -0.3 is 5.32 Å². The van der Waals surface area contributed by atoms with E-state index < -0.39 is 0 Å². The zero-order chi connectivity index (χ0) is 10.7. The summed E-state index contributed by atoms with van der Waals surface area (Å²) in [5.41, 5.74) is 0.650. The lowest BCUT2D eigenvalue weighted by Gasteiger charge is -1.95. The molecule has 4 nitrogen and oxygen atoms in total. The number of hydrogen-bond donors (Lipinski definition) is 2. The van der Waals surface area contributed by atoms with Gasteiger partial charge in [-0.25, -0.2) is 4.98 Å². The van der Waals surface area contributed by atoms with Gasteiger partial charge in [0.15, 0.2) is 10.9 Å². The van der Waals surface area contributed by atoms with Crippen molar-refractivity contribution >= 4 is 40.8 Å². The van der Waals surface area contributed by atoms with Crippen molar-refractivity contribution in [1.29, 1.82) is 0 Å². The minimum Gasteiger partial charge on any atom is -0.301 e. The van der Waals surface area contributed by atoms with Crippen molar-refractivity contribution in [2.24, 2.45) is 0 Å². The van der Waals surface area contributed by atoms with E-state index in [1.807, 2.05) is 0 Å². The number of anilines is 1. The van der Waals surface area contributed by atoms with E-state index in [0.29, 0.717) is 15.7 Å². The maximum atomic E-state index is 11.1. The highest BCUT2D eigenvalue weighted by molar-refractivity contribution is 7.81. The lowest BCUT2D eigenvalue weighted by molar-refractivity contribution is -0.113. The Kier molecular flexibility index (Phi) is 3.65. The third-order valence-electron chi connectivity index (χ3n) is 1.51. The number of amides is 1. The summed E-state index contributed by atoms with van der Waals surface area (Å²) in [6.07, 6.45) is 0. The molecular weight excluding hydrogens is 220 g/mol. The van der Waals surface area contributed by atoms with Gasteiger partial charge >= 0.3 is 0 Å². The number of ketones is 1. The number of rotatable bonds is 3. The lowest BCUT2D eigenvalue weighted by Crippen LogP contribution is -2.12. The van der Waals surface area contributed by atoms with Crippen LogP contribution in [0.15, 0.2) is 0 Å². The molecule has 14 heavy (non-hydrogen) atoms. The average Bonchev–Trinajstić information content (AvgIpc) is 2.46. The Hall–Kier alpha value is -0.880. The van der Waals surface area contributed by atoms with Crippen LogP contribution in [0.3, 0.4) is 0 Å². The largest absolute Gasteiger partial charge is 0.301 e. The van der Waals surface area contributed by atoms with E-state index in [4.69, 9.17) is 0 Å².